The molecule has 2 rings (SSSR count). The quantitative estimate of drug-likeness (QED) is 0.628. The van der Waals surface area contributed by atoms with Gasteiger partial charge in [-0.25, -0.2) is 4.79 Å². The highest BCUT2D eigenvalue weighted by molar-refractivity contribution is 7.86. The summed E-state index contributed by atoms with van der Waals surface area (Å²) in [6.07, 6.45) is 0. The summed E-state index contributed by atoms with van der Waals surface area (Å²) in [7, 11) is -4.76. The molecule has 2 N–H and O–H groups in total. The molecule has 0 bridgehead atoms. The van der Waals surface area contributed by atoms with Crippen LogP contribution in [0.4, 0.5) is 0 Å². The molecule has 120 valence electrons. The summed E-state index contributed by atoms with van der Waals surface area (Å²) in [6, 6.07) is 7.61. The number of hydrogen-bond acceptors (Lipinski definition) is 4. The molecule has 0 unspecified atom stereocenters. The Balaban J connectivity index is 2.70. The maximum absolute atomic E-state index is 12.5. The Kier molecular flexibility index (Phi) is 4.76. The van der Waals surface area contributed by atoms with E-state index in [2.05, 4.69) is 0 Å². The zero-order valence-corrected chi connectivity index (χ0v) is 13.5. The first-order chi connectivity index (χ1) is 10.6. The van der Waals surface area contributed by atoms with Crippen LogP contribution in [0.1, 0.15) is 26.3 Å². The van der Waals surface area contributed by atoms with Crippen LogP contribution in [0.25, 0.3) is 0 Å². The molecule has 0 saturated heterocycles. The fourth-order valence-electron chi connectivity index (χ4n) is 1.96. The number of carboxylic acids is 1. The lowest BCUT2D eigenvalue weighted by atomic mass is 9.98. The average Bonchev–Trinajstić information content (AvgIpc) is 2.45. The summed E-state index contributed by atoms with van der Waals surface area (Å²) in [4.78, 5) is 22.9. The second-order valence-electron chi connectivity index (χ2n) is 4.39. The van der Waals surface area contributed by atoms with Gasteiger partial charge in [-0.05, 0) is 18.2 Å². The van der Waals surface area contributed by atoms with Gasteiger partial charge in [0.2, 0.25) is 0 Å². The lowest BCUT2D eigenvalue weighted by Gasteiger charge is -2.10. The van der Waals surface area contributed by atoms with Crippen LogP contribution in [0.5, 0.6) is 0 Å². The monoisotopic (exact) mass is 374 g/mol. The van der Waals surface area contributed by atoms with E-state index in [9.17, 15) is 18.0 Å². The molecule has 0 spiro atoms. The maximum atomic E-state index is 12.5. The van der Waals surface area contributed by atoms with Crippen LogP contribution in [0, 0.1) is 0 Å². The molecule has 23 heavy (non-hydrogen) atoms. The third kappa shape index (κ3) is 3.37. The first-order valence-electron chi connectivity index (χ1n) is 5.97. The number of carboxylic acid groups (broad SMARTS) is 1. The van der Waals surface area contributed by atoms with E-state index in [-0.39, 0.29) is 21.7 Å². The van der Waals surface area contributed by atoms with E-state index in [1.54, 1.807) is 0 Å². The van der Waals surface area contributed by atoms with Gasteiger partial charge in [0, 0.05) is 11.1 Å². The van der Waals surface area contributed by atoms with Crippen LogP contribution in [-0.4, -0.2) is 29.8 Å². The smallest absolute Gasteiger partial charge is 0.336 e. The summed E-state index contributed by atoms with van der Waals surface area (Å²) < 4.78 is 31.9. The van der Waals surface area contributed by atoms with Gasteiger partial charge in [-0.15, -0.1) is 0 Å². The van der Waals surface area contributed by atoms with Crippen LogP contribution in [0.3, 0.4) is 0 Å². The Bertz CT molecular complexity index is 921. The largest absolute Gasteiger partial charge is 0.478 e. The van der Waals surface area contributed by atoms with Gasteiger partial charge in [0.05, 0.1) is 15.6 Å². The Labute approximate surface area is 141 Å². The summed E-state index contributed by atoms with van der Waals surface area (Å²) in [5, 5.41) is 8.18. The Hall–Kier alpha value is -1.93. The van der Waals surface area contributed by atoms with Crippen molar-refractivity contribution in [3.63, 3.8) is 0 Å². The van der Waals surface area contributed by atoms with Crippen LogP contribution >= 0.6 is 23.2 Å². The Morgan fingerprint density at radius 1 is 0.913 bits per heavy atom. The summed E-state index contributed by atoms with van der Waals surface area (Å²) >= 11 is 11.6. The Morgan fingerprint density at radius 3 is 2.00 bits per heavy atom. The molecule has 2 aromatic rings. The number of rotatable bonds is 4. The van der Waals surface area contributed by atoms with Crippen molar-refractivity contribution in [2.24, 2.45) is 0 Å². The van der Waals surface area contributed by atoms with E-state index in [0.717, 1.165) is 12.1 Å². The van der Waals surface area contributed by atoms with Gasteiger partial charge in [-0.1, -0.05) is 41.4 Å². The van der Waals surface area contributed by atoms with Gasteiger partial charge < -0.3 is 5.11 Å². The van der Waals surface area contributed by atoms with E-state index < -0.39 is 31.8 Å². The minimum atomic E-state index is -4.76. The van der Waals surface area contributed by atoms with Gasteiger partial charge in [0.1, 0.15) is 4.90 Å². The number of carbonyl (C=O) groups is 2. The first-order valence-corrected chi connectivity index (χ1v) is 8.16. The molecule has 0 aliphatic carbocycles. The summed E-state index contributed by atoms with van der Waals surface area (Å²) in [5.74, 6) is -2.14. The van der Waals surface area contributed by atoms with Crippen molar-refractivity contribution in [2.45, 2.75) is 4.90 Å². The second kappa shape index (κ2) is 6.29. The minimum Gasteiger partial charge on any atom is -0.478 e. The first kappa shape index (κ1) is 17.4. The van der Waals surface area contributed by atoms with E-state index in [1.165, 1.54) is 24.3 Å². The number of benzene rings is 2. The molecule has 0 aromatic heterocycles. The highest BCUT2D eigenvalue weighted by atomic mass is 35.5. The number of carbonyl (C=O) groups excluding carboxylic acids is 1. The van der Waals surface area contributed by atoms with Crippen molar-refractivity contribution in [1.82, 2.24) is 0 Å². The van der Waals surface area contributed by atoms with E-state index in [0.29, 0.717) is 0 Å². The van der Waals surface area contributed by atoms with Crippen LogP contribution < -0.4 is 0 Å². The topological polar surface area (TPSA) is 109 Å². The molecule has 0 aliphatic heterocycles. The van der Waals surface area contributed by atoms with Crippen molar-refractivity contribution in [1.29, 1.82) is 0 Å². The van der Waals surface area contributed by atoms with E-state index >= 15 is 0 Å². The number of ketones is 1. The van der Waals surface area contributed by atoms with Crippen molar-refractivity contribution >= 4 is 45.1 Å². The zero-order chi connectivity index (χ0) is 17.4. The number of halogens is 2. The van der Waals surface area contributed by atoms with Gasteiger partial charge in [-0.3, -0.25) is 9.35 Å². The van der Waals surface area contributed by atoms with Gasteiger partial charge in [0.15, 0.2) is 5.78 Å². The third-order valence-electron chi connectivity index (χ3n) is 2.95. The minimum absolute atomic E-state index is 0.175. The van der Waals surface area contributed by atoms with Gasteiger partial charge >= 0.3 is 5.97 Å². The molecule has 0 atom stereocenters. The van der Waals surface area contributed by atoms with Crippen molar-refractivity contribution in [2.75, 3.05) is 0 Å². The fourth-order valence-corrected chi connectivity index (χ4v) is 3.65. The maximum Gasteiger partial charge on any atom is 0.336 e. The molecule has 0 radical (unpaired) electrons. The van der Waals surface area contributed by atoms with Crippen LogP contribution in [0.2, 0.25) is 10.0 Å². The molecular formula is C14H8Cl2O6S. The Morgan fingerprint density at radius 2 is 1.48 bits per heavy atom. The van der Waals surface area contributed by atoms with E-state index in [4.69, 9.17) is 32.9 Å². The van der Waals surface area contributed by atoms with Gasteiger partial charge in [-0.2, -0.15) is 8.42 Å². The highest BCUT2D eigenvalue weighted by Crippen LogP contribution is 2.33. The second-order valence-corrected chi connectivity index (χ2v) is 6.54. The van der Waals surface area contributed by atoms with Crippen molar-refractivity contribution in [3.05, 3.63) is 63.1 Å². The van der Waals surface area contributed by atoms with E-state index in [1.807, 2.05) is 0 Å². The normalized spacial score (nSPS) is 11.3. The molecule has 0 fully saturated rings. The molecular weight excluding hydrogens is 367 g/mol. The highest BCUT2D eigenvalue weighted by Gasteiger charge is 2.26. The molecule has 2 aromatic carbocycles. The molecule has 9 heteroatoms. The predicted octanol–water partition coefficient (Wildman–Crippen LogP) is 3.17. The molecule has 6 nitrogen and oxygen atoms in total. The van der Waals surface area contributed by atoms with Gasteiger partial charge in [0.25, 0.3) is 10.1 Å². The lowest BCUT2D eigenvalue weighted by Crippen LogP contribution is -2.11. The molecule has 0 heterocycles. The number of aromatic carboxylic acids is 1. The van der Waals surface area contributed by atoms with Crippen molar-refractivity contribution < 1.29 is 27.7 Å². The summed E-state index contributed by atoms with van der Waals surface area (Å²) in [5.41, 5.74) is -0.736. The fraction of sp³-hybridized carbons (Fsp3) is 0. The van der Waals surface area contributed by atoms with Crippen LogP contribution in [-0.2, 0) is 10.1 Å². The SMILES string of the molecule is O=C(O)c1ccccc1C(=O)c1ccc(Cl)c(S(=O)(=O)O)c1Cl. The molecule has 0 amide bonds. The zero-order valence-electron chi connectivity index (χ0n) is 11.2. The molecule has 0 aliphatic rings. The summed E-state index contributed by atoms with van der Waals surface area (Å²) in [6.45, 7) is 0. The third-order valence-corrected chi connectivity index (χ3v) is 4.83. The van der Waals surface area contributed by atoms with Crippen molar-refractivity contribution in [3.8, 4) is 0 Å². The van der Waals surface area contributed by atoms with Crippen LogP contribution in [0.15, 0.2) is 41.3 Å². The lowest BCUT2D eigenvalue weighted by molar-refractivity contribution is 0.0692. The predicted molar refractivity (Wildman–Crippen MR) is 83.1 cm³/mol. The number of hydrogen-bond donors (Lipinski definition) is 2. The average molecular weight is 375 g/mol. The standard InChI is InChI=1S/C14H8Cl2O6S/c15-10-6-5-9(11(16)13(10)23(20,21)22)12(17)7-3-1-2-4-8(7)14(18)19/h1-6H,(H,18,19)(H,20,21,22). The molecule has 0 saturated carbocycles.